The van der Waals surface area contributed by atoms with E-state index in [1.807, 2.05) is 7.05 Å². The van der Waals surface area contributed by atoms with Gasteiger partial charge in [-0.3, -0.25) is 20.0 Å². The predicted molar refractivity (Wildman–Crippen MR) is 165 cm³/mol. The van der Waals surface area contributed by atoms with Crippen LogP contribution in [0.5, 0.6) is 0 Å². The van der Waals surface area contributed by atoms with E-state index in [0.717, 1.165) is 37.5 Å². The minimum atomic E-state index is -4.81. The number of hydrogen-bond donors (Lipinski definition) is 3. The molecule has 4 aromatic heterocycles. The maximum absolute atomic E-state index is 14.2. The summed E-state index contributed by atoms with van der Waals surface area (Å²) in [4.78, 5) is 41.8. The number of aryl methyl sites for hydroxylation is 1. The number of hydrogen-bond acceptors (Lipinski definition) is 11. The Kier molecular flexibility index (Phi) is 10.2. The average Bonchev–Trinajstić information content (AvgIpc) is 3.65. The zero-order valence-corrected chi connectivity index (χ0v) is 26.3. The van der Waals surface area contributed by atoms with E-state index in [2.05, 4.69) is 50.9 Å². The number of piperazine rings is 1. The number of carbonyl (C=O) groups is 2. The van der Waals surface area contributed by atoms with Crippen molar-refractivity contribution in [1.29, 1.82) is 0 Å². The standard InChI is InChI=1S/C29H33F3N10O3S/c1-4-34-28(44)37-23-12-20(21(16-36-23)18-11-19(15-33-14-18)26-40-39-17(2)45-26)27-38-25(29(30,31)32)22(46-27)13-24(43)35-5-6-42-9-7-41(3)8-10-42/h11-12,14-16H,4-10,13H2,1-3H3,(H,35,43)(H2,34,36,37,44). The molecule has 244 valence electrons. The highest BCUT2D eigenvalue weighted by Gasteiger charge is 2.38. The Labute approximate surface area is 266 Å². The fourth-order valence-corrected chi connectivity index (χ4v) is 5.92. The Balaban J connectivity index is 1.46. The van der Waals surface area contributed by atoms with Crippen LogP contribution in [0.25, 0.3) is 33.2 Å². The quantitative estimate of drug-likeness (QED) is 0.230. The minimum absolute atomic E-state index is 0.0112. The monoisotopic (exact) mass is 658 g/mol. The second kappa shape index (κ2) is 14.3. The molecule has 0 aromatic carbocycles. The third kappa shape index (κ3) is 8.21. The van der Waals surface area contributed by atoms with Crippen molar-refractivity contribution in [2.75, 3.05) is 58.2 Å². The molecule has 3 amide bonds. The molecule has 1 saturated heterocycles. The highest BCUT2D eigenvalue weighted by Crippen LogP contribution is 2.41. The number of anilines is 1. The third-order valence-corrected chi connectivity index (χ3v) is 8.26. The van der Waals surface area contributed by atoms with Crippen molar-refractivity contribution in [2.24, 2.45) is 0 Å². The molecule has 0 aliphatic carbocycles. The molecule has 46 heavy (non-hydrogen) atoms. The number of urea groups is 1. The van der Waals surface area contributed by atoms with E-state index < -0.39 is 30.2 Å². The first kappa shape index (κ1) is 32.9. The van der Waals surface area contributed by atoms with E-state index in [0.29, 0.717) is 42.2 Å². The summed E-state index contributed by atoms with van der Waals surface area (Å²) in [7, 11) is 2.04. The zero-order chi connectivity index (χ0) is 32.8. The molecule has 0 radical (unpaired) electrons. The van der Waals surface area contributed by atoms with Crippen LogP contribution in [0, 0.1) is 6.92 Å². The number of carbonyl (C=O) groups excluding carboxylic acids is 2. The molecule has 5 rings (SSSR count). The van der Waals surface area contributed by atoms with Crippen molar-refractivity contribution in [2.45, 2.75) is 26.4 Å². The second-order valence-corrected chi connectivity index (χ2v) is 11.7. The maximum atomic E-state index is 14.2. The Morgan fingerprint density at radius 3 is 2.48 bits per heavy atom. The lowest BCUT2D eigenvalue weighted by Crippen LogP contribution is -2.47. The molecule has 17 heteroatoms. The Bertz CT molecular complexity index is 1680. The fraction of sp³-hybridized carbons (Fsp3) is 0.414. The fourth-order valence-electron chi connectivity index (χ4n) is 4.81. The molecule has 1 aliphatic heterocycles. The molecule has 1 fully saturated rings. The largest absolute Gasteiger partial charge is 0.434 e. The molecular weight excluding hydrogens is 625 g/mol. The number of nitrogens with zero attached hydrogens (tertiary/aromatic N) is 7. The molecule has 0 atom stereocenters. The lowest BCUT2D eigenvalue weighted by molar-refractivity contribution is -0.141. The number of halogens is 3. The molecule has 4 aromatic rings. The molecule has 0 unspecified atom stereocenters. The number of rotatable bonds is 10. The van der Waals surface area contributed by atoms with Gasteiger partial charge in [-0.25, -0.2) is 14.8 Å². The predicted octanol–water partition coefficient (Wildman–Crippen LogP) is 3.69. The first-order valence-corrected chi connectivity index (χ1v) is 15.4. The van der Waals surface area contributed by atoms with Crippen molar-refractivity contribution in [1.82, 2.24) is 45.6 Å². The van der Waals surface area contributed by atoms with E-state index in [4.69, 9.17) is 4.42 Å². The van der Waals surface area contributed by atoms with Gasteiger partial charge in [0.25, 0.3) is 0 Å². The van der Waals surface area contributed by atoms with E-state index in [-0.39, 0.29) is 27.2 Å². The van der Waals surface area contributed by atoms with E-state index in [1.54, 1.807) is 19.9 Å². The van der Waals surface area contributed by atoms with Crippen LogP contribution in [0.1, 0.15) is 23.4 Å². The molecular formula is C29H33F3N10O3S. The highest BCUT2D eigenvalue weighted by molar-refractivity contribution is 7.15. The van der Waals surface area contributed by atoms with Gasteiger partial charge in [0.05, 0.1) is 12.0 Å². The summed E-state index contributed by atoms with van der Waals surface area (Å²) in [5, 5.41) is 15.7. The van der Waals surface area contributed by atoms with Gasteiger partial charge in [0.15, 0.2) is 5.69 Å². The van der Waals surface area contributed by atoms with Gasteiger partial charge in [-0.05, 0) is 26.1 Å². The van der Waals surface area contributed by atoms with Crippen LogP contribution in [-0.2, 0) is 17.4 Å². The minimum Gasteiger partial charge on any atom is -0.421 e. The smallest absolute Gasteiger partial charge is 0.421 e. The Hall–Kier alpha value is -4.48. The van der Waals surface area contributed by atoms with Crippen LogP contribution in [0.3, 0.4) is 0 Å². The number of thiazole rings is 1. The SMILES string of the molecule is CCNC(=O)Nc1cc(-c2nc(C(F)(F)F)c(CC(=O)NCCN3CCN(C)CC3)s2)c(-c2cncc(-c3nnc(C)o3)c2)cn1. The number of likely N-dealkylation sites (N-methyl/N-ethyl adjacent to an activating group) is 1. The van der Waals surface area contributed by atoms with Crippen LogP contribution in [0.2, 0.25) is 0 Å². The summed E-state index contributed by atoms with van der Waals surface area (Å²) in [5.41, 5.74) is 0.457. The average molecular weight is 659 g/mol. The zero-order valence-electron chi connectivity index (χ0n) is 25.4. The maximum Gasteiger partial charge on any atom is 0.434 e. The Morgan fingerprint density at radius 1 is 1.02 bits per heavy atom. The van der Waals surface area contributed by atoms with Gasteiger partial charge < -0.3 is 20.0 Å². The normalized spacial score (nSPS) is 14.3. The van der Waals surface area contributed by atoms with Gasteiger partial charge in [-0.2, -0.15) is 13.2 Å². The molecule has 13 nitrogen and oxygen atoms in total. The van der Waals surface area contributed by atoms with Crippen molar-refractivity contribution in [3.8, 4) is 33.2 Å². The number of pyridine rings is 2. The molecule has 5 heterocycles. The first-order chi connectivity index (χ1) is 22.0. The first-order valence-electron chi connectivity index (χ1n) is 14.6. The lowest BCUT2D eigenvalue weighted by Gasteiger charge is -2.32. The summed E-state index contributed by atoms with van der Waals surface area (Å²) in [6.07, 6.45) is -0.864. The molecule has 0 bridgehead atoms. The van der Waals surface area contributed by atoms with Crippen molar-refractivity contribution in [3.63, 3.8) is 0 Å². The summed E-state index contributed by atoms with van der Waals surface area (Å²) in [6.45, 7) is 8.23. The number of aromatic nitrogens is 5. The van der Waals surface area contributed by atoms with Crippen molar-refractivity contribution >= 4 is 29.1 Å². The topological polar surface area (TPSA) is 154 Å². The summed E-state index contributed by atoms with van der Waals surface area (Å²) < 4.78 is 48.3. The van der Waals surface area contributed by atoms with E-state index in [9.17, 15) is 22.8 Å². The van der Waals surface area contributed by atoms with Gasteiger partial charge in [0, 0.05) is 92.9 Å². The van der Waals surface area contributed by atoms with Crippen LogP contribution >= 0.6 is 11.3 Å². The second-order valence-electron chi connectivity index (χ2n) is 10.6. The van der Waals surface area contributed by atoms with Gasteiger partial charge >= 0.3 is 12.2 Å². The van der Waals surface area contributed by atoms with E-state index >= 15 is 0 Å². The number of alkyl halides is 3. The lowest BCUT2D eigenvalue weighted by atomic mass is 10.0. The third-order valence-electron chi connectivity index (χ3n) is 7.17. The summed E-state index contributed by atoms with van der Waals surface area (Å²) >= 11 is 0.755. The van der Waals surface area contributed by atoms with E-state index in [1.165, 1.54) is 24.7 Å². The highest BCUT2D eigenvalue weighted by atomic mass is 32.1. The molecule has 0 saturated carbocycles. The van der Waals surface area contributed by atoms with Crippen molar-refractivity contribution in [3.05, 3.63) is 47.2 Å². The summed E-state index contributed by atoms with van der Waals surface area (Å²) in [5.74, 6) is 0.121. The van der Waals surface area contributed by atoms with Crippen LogP contribution in [0.15, 0.2) is 35.1 Å². The van der Waals surface area contributed by atoms with Crippen molar-refractivity contribution < 1.29 is 27.2 Å². The van der Waals surface area contributed by atoms with Crippen LogP contribution < -0.4 is 16.0 Å². The Morgan fingerprint density at radius 2 is 1.78 bits per heavy atom. The van der Waals surface area contributed by atoms with Gasteiger partial charge in [-0.1, -0.05) is 0 Å². The van der Waals surface area contributed by atoms with Crippen LogP contribution in [0.4, 0.5) is 23.8 Å². The van der Waals surface area contributed by atoms with Gasteiger partial charge in [0.2, 0.25) is 17.7 Å². The molecule has 3 N–H and O–H groups in total. The summed E-state index contributed by atoms with van der Waals surface area (Å²) in [6, 6.07) is 2.59. The van der Waals surface area contributed by atoms with Gasteiger partial charge in [0.1, 0.15) is 10.8 Å². The number of nitrogens with one attached hydrogen (secondary N) is 3. The van der Waals surface area contributed by atoms with Gasteiger partial charge in [-0.15, -0.1) is 21.5 Å². The number of amides is 3. The molecule has 1 aliphatic rings. The van der Waals surface area contributed by atoms with Crippen LogP contribution in [-0.4, -0.2) is 99.7 Å². The molecule has 0 spiro atoms.